The summed E-state index contributed by atoms with van der Waals surface area (Å²) in [6.45, 7) is 5.78. The van der Waals surface area contributed by atoms with Crippen LogP contribution in [0.2, 0.25) is 0 Å². The van der Waals surface area contributed by atoms with E-state index in [1.807, 2.05) is 43.1 Å². The molecule has 1 aliphatic heterocycles. The molecule has 0 saturated heterocycles. The van der Waals surface area contributed by atoms with Crippen LogP contribution in [0.15, 0.2) is 36.8 Å². The Morgan fingerprint density at radius 2 is 2.09 bits per heavy atom. The number of carbonyl (C=O) groups is 1. The molecule has 168 valence electrons. The largest absolute Gasteiger partial charge is 0.497 e. The molecule has 2 N–H and O–H groups in total. The number of nitrogens with zero attached hydrogens (tertiary/aromatic N) is 3. The van der Waals surface area contributed by atoms with Crippen molar-refractivity contribution in [1.82, 2.24) is 19.9 Å². The first kappa shape index (κ1) is 21.7. The van der Waals surface area contributed by atoms with Gasteiger partial charge in [-0.2, -0.15) is 0 Å². The van der Waals surface area contributed by atoms with Gasteiger partial charge < -0.3 is 24.7 Å². The van der Waals surface area contributed by atoms with Gasteiger partial charge in [-0.15, -0.1) is 0 Å². The summed E-state index contributed by atoms with van der Waals surface area (Å²) in [7, 11) is 3.28. The number of nitrogens with one attached hydrogen (secondary N) is 2. The maximum absolute atomic E-state index is 12.3. The van der Waals surface area contributed by atoms with Gasteiger partial charge in [-0.1, -0.05) is 19.9 Å². The summed E-state index contributed by atoms with van der Waals surface area (Å²) in [5, 5.41) is 3.39. The third-order valence-electron chi connectivity index (χ3n) is 5.76. The first-order valence-electron chi connectivity index (χ1n) is 10.8. The summed E-state index contributed by atoms with van der Waals surface area (Å²) in [4.78, 5) is 26.5. The Morgan fingerprint density at radius 1 is 1.25 bits per heavy atom. The van der Waals surface area contributed by atoms with Gasteiger partial charge in [0.25, 0.3) is 0 Å². The minimum Gasteiger partial charge on any atom is -0.497 e. The van der Waals surface area contributed by atoms with Crippen molar-refractivity contribution in [3.8, 4) is 11.5 Å². The number of ether oxygens (including phenoxy) is 2. The fourth-order valence-corrected chi connectivity index (χ4v) is 3.97. The zero-order valence-electron chi connectivity index (χ0n) is 18.9. The third kappa shape index (κ3) is 4.26. The minimum atomic E-state index is 0.0174. The first-order valence-corrected chi connectivity index (χ1v) is 10.8. The smallest absolute Gasteiger partial charge is 0.225 e. The summed E-state index contributed by atoms with van der Waals surface area (Å²) >= 11 is 0. The van der Waals surface area contributed by atoms with Crippen LogP contribution in [0, 0.1) is 5.92 Å². The van der Waals surface area contributed by atoms with Crippen molar-refractivity contribution < 1.29 is 14.3 Å². The van der Waals surface area contributed by atoms with E-state index in [4.69, 9.17) is 9.47 Å². The number of aromatic nitrogens is 3. The molecule has 8 nitrogen and oxygen atoms in total. The van der Waals surface area contributed by atoms with Crippen molar-refractivity contribution in [2.75, 3.05) is 32.6 Å². The SMILES string of the molecule is COc1ccc(CNc2ncnc3c(C4=CCN(C(=O)C(C)C)CC4)c[nH]c23)c(OC)c1. The molecule has 32 heavy (non-hydrogen) atoms. The molecule has 8 heteroatoms. The molecule has 0 unspecified atom stereocenters. The molecule has 1 aliphatic rings. The van der Waals surface area contributed by atoms with E-state index in [9.17, 15) is 4.79 Å². The highest BCUT2D eigenvalue weighted by Gasteiger charge is 2.22. The standard InChI is InChI=1S/C24H29N5O3/c1-15(2)24(30)29-9-7-16(8-10-29)19-13-25-22-21(19)27-14-28-23(22)26-12-17-5-6-18(31-3)11-20(17)32-4/h5-7,11,13-15,25H,8-10,12H2,1-4H3,(H,26,27,28). The number of anilines is 1. The van der Waals surface area contributed by atoms with Gasteiger partial charge in [0.15, 0.2) is 5.82 Å². The van der Waals surface area contributed by atoms with Gasteiger partial charge in [0.1, 0.15) is 28.9 Å². The van der Waals surface area contributed by atoms with Crippen LogP contribution in [0.3, 0.4) is 0 Å². The molecule has 0 bridgehead atoms. The minimum absolute atomic E-state index is 0.0174. The van der Waals surface area contributed by atoms with E-state index in [0.29, 0.717) is 13.1 Å². The molecule has 0 saturated carbocycles. The topological polar surface area (TPSA) is 92.4 Å². The number of hydrogen-bond acceptors (Lipinski definition) is 6. The lowest BCUT2D eigenvalue weighted by Gasteiger charge is -2.27. The number of methoxy groups -OCH3 is 2. The predicted molar refractivity (Wildman–Crippen MR) is 125 cm³/mol. The van der Waals surface area contributed by atoms with Gasteiger partial charge in [-0.05, 0) is 24.1 Å². The van der Waals surface area contributed by atoms with Crippen molar-refractivity contribution in [3.05, 3.63) is 47.9 Å². The second kappa shape index (κ2) is 9.30. The van der Waals surface area contributed by atoms with E-state index in [1.54, 1.807) is 20.5 Å². The fraction of sp³-hybridized carbons (Fsp3) is 0.375. The molecule has 1 aromatic carbocycles. The molecular formula is C24H29N5O3. The van der Waals surface area contributed by atoms with Gasteiger partial charge in [-0.25, -0.2) is 9.97 Å². The van der Waals surface area contributed by atoms with Crippen LogP contribution < -0.4 is 14.8 Å². The Hall–Kier alpha value is -3.55. The van der Waals surface area contributed by atoms with Crippen LogP contribution in [0.1, 0.15) is 31.4 Å². The molecule has 2 aromatic heterocycles. The molecule has 1 amide bonds. The highest BCUT2D eigenvalue weighted by molar-refractivity contribution is 5.95. The Kier molecular flexibility index (Phi) is 6.30. The summed E-state index contributed by atoms with van der Waals surface area (Å²) in [5.41, 5.74) is 4.99. The van der Waals surface area contributed by atoms with Crippen LogP contribution >= 0.6 is 0 Å². The second-order valence-electron chi connectivity index (χ2n) is 8.10. The third-order valence-corrected chi connectivity index (χ3v) is 5.76. The molecule has 0 spiro atoms. The summed E-state index contributed by atoms with van der Waals surface area (Å²) in [6.07, 6.45) is 6.49. The lowest BCUT2D eigenvalue weighted by molar-refractivity contribution is -0.134. The van der Waals surface area contributed by atoms with Crippen LogP contribution in [-0.2, 0) is 11.3 Å². The lowest BCUT2D eigenvalue weighted by Crippen LogP contribution is -2.37. The maximum Gasteiger partial charge on any atom is 0.225 e. The van der Waals surface area contributed by atoms with Gasteiger partial charge in [0.05, 0.1) is 14.2 Å². The number of hydrogen-bond donors (Lipinski definition) is 2. The summed E-state index contributed by atoms with van der Waals surface area (Å²) < 4.78 is 10.8. The normalized spacial score (nSPS) is 13.9. The fourth-order valence-electron chi connectivity index (χ4n) is 3.97. The Balaban J connectivity index is 1.54. The van der Waals surface area contributed by atoms with Crippen LogP contribution in [0.5, 0.6) is 11.5 Å². The quantitative estimate of drug-likeness (QED) is 0.586. The Bertz CT molecular complexity index is 1150. The van der Waals surface area contributed by atoms with E-state index in [-0.39, 0.29) is 11.8 Å². The molecule has 3 aromatic rings. The molecule has 4 rings (SSSR count). The van der Waals surface area contributed by atoms with E-state index < -0.39 is 0 Å². The number of aromatic amines is 1. The molecule has 0 aliphatic carbocycles. The lowest BCUT2D eigenvalue weighted by atomic mass is 10.00. The molecule has 0 fully saturated rings. The Labute approximate surface area is 187 Å². The number of rotatable bonds is 7. The molecule has 3 heterocycles. The van der Waals surface area contributed by atoms with Gasteiger partial charge in [0.2, 0.25) is 5.91 Å². The van der Waals surface area contributed by atoms with E-state index in [2.05, 4.69) is 26.3 Å². The molecular weight excluding hydrogens is 406 g/mol. The Morgan fingerprint density at radius 3 is 2.78 bits per heavy atom. The van der Waals surface area contributed by atoms with E-state index in [0.717, 1.165) is 52.4 Å². The second-order valence-corrected chi connectivity index (χ2v) is 8.10. The van der Waals surface area contributed by atoms with E-state index in [1.165, 1.54) is 5.57 Å². The average Bonchev–Trinajstić information content (AvgIpc) is 3.27. The number of amides is 1. The number of H-pyrrole nitrogens is 1. The highest BCUT2D eigenvalue weighted by atomic mass is 16.5. The molecule has 0 atom stereocenters. The zero-order chi connectivity index (χ0) is 22.7. The zero-order valence-corrected chi connectivity index (χ0v) is 18.9. The first-order chi connectivity index (χ1) is 15.5. The number of fused-ring (bicyclic) bond motifs is 1. The van der Waals surface area contributed by atoms with Crippen molar-refractivity contribution in [1.29, 1.82) is 0 Å². The van der Waals surface area contributed by atoms with Crippen LogP contribution in [-0.4, -0.2) is 53.1 Å². The van der Waals surface area contributed by atoms with Crippen molar-refractivity contribution in [2.24, 2.45) is 5.92 Å². The highest BCUT2D eigenvalue weighted by Crippen LogP contribution is 2.31. The number of carbonyl (C=O) groups excluding carboxylic acids is 1. The monoisotopic (exact) mass is 435 g/mol. The van der Waals surface area contributed by atoms with Gasteiger partial charge in [-0.3, -0.25) is 4.79 Å². The van der Waals surface area contributed by atoms with Crippen LogP contribution in [0.25, 0.3) is 16.6 Å². The predicted octanol–water partition coefficient (Wildman–Crippen LogP) is 3.86. The molecule has 0 radical (unpaired) electrons. The maximum atomic E-state index is 12.3. The number of benzene rings is 1. The average molecular weight is 436 g/mol. The summed E-state index contributed by atoms with van der Waals surface area (Å²) in [6, 6.07) is 5.74. The van der Waals surface area contributed by atoms with Crippen LogP contribution in [0.4, 0.5) is 5.82 Å². The van der Waals surface area contributed by atoms with E-state index >= 15 is 0 Å². The van der Waals surface area contributed by atoms with Crippen molar-refractivity contribution in [3.63, 3.8) is 0 Å². The van der Waals surface area contributed by atoms with Gasteiger partial charge >= 0.3 is 0 Å². The van der Waals surface area contributed by atoms with Crippen molar-refractivity contribution in [2.45, 2.75) is 26.8 Å². The summed E-state index contributed by atoms with van der Waals surface area (Å²) in [5.74, 6) is 2.44. The van der Waals surface area contributed by atoms with Crippen molar-refractivity contribution >= 4 is 28.3 Å². The van der Waals surface area contributed by atoms with Gasteiger partial charge in [0, 0.05) is 48.9 Å².